The Kier molecular flexibility index (Phi) is 9.31. The topological polar surface area (TPSA) is 49.7 Å². The van der Waals surface area contributed by atoms with Gasteiger partial charge < -0.3 is 16.1 Å². The first-order valence-corrected chi connectivity index (χ1v) is 6.24. The van der Waals surface area contributed by atoms with Crippen LogP contribution in [0.2, 0.25) is 0 Å². The molecule has 1 unspecified atom stereocenters. The van der Waals surface area contributed by atoms with Gasteiger partial charge in [-0.1, -0.05) is 51.3 Å². The average Bonchev–Trinajstić information content (AvgIpc) is 2.28. The molecule has 0 spiro atoms. The van der Waals surface area contributed by atoms with E-state index in [0.29, 0.717) is 11.7 Å². The molecule has 1 atom stereocenters. The SMILES string of the molecule is CCCCC(C)Cc1ccccc1OB(O)O.[H-].[Li+]. The van der Waals surface area contributed by atoms with E-state index in [0.717, 1.165) is 12.0 Å². The number of hydrogen-bond donors (Lipinski definition) is 2. The molecule has 0 aliphatic rings. The van der Waals surface area contributed by atoms with Gasteiger partial charge in [-0.15, -0.1) is 0 Å². The van der Waals surface area contributed by atoms with E-state index in [9.17, 15) is 0 Å². The van der Waals surface area contributed by atoms with Crippen LogP contribution in [0.3, 0.4) is 0 Å². The van der Waals surface area contributed by atoms with Crippen molar-refractivity contribution < 1.29 is 35.0 Å². The van der Waals surface area contributed by atoms with E-state index < -0.39 is 7.32 Å². The fraction of sp³-hybridized carbons (Fsp3) is 0.538. The van der Waals surface area contributed by atoms with E-state index in [-0.39, 0.29) is 20.3 Å². The summed E-state index contributed by atoms with van der Waals surface area (Å²) in [5.74, 6) is 1.14. The summed E-state index contributed by atoms with van der Waals surface area (Å²) in [7, 11) is -1.75. The summed E-state index contributed by atoms with van der Waals surface area (Å²) in [5, 5.41) is 17.7. The molecular weight excluding hydrogens is 222 g/mol. The van der Waals surface area contributed by atoms with Crippen LogP contribution >= 0.6 is 0 Å². The molecule has 1 rings (SSSR count). The Bertz CT molecular complexity index is 339. The first kappa shape index (κ1) is 17.6. The van der Waals surface area contributed by atoms with Crippen LogP contribution < -0.4 is 23.5 Å². The van der Waals surface area contributed by atoms with Crippen molar-refractivity contribution in [2.45, 2.75) is 39.5 Å². The van der Waals surface area contributed by atoms with E-state index in [1.807, 2.05) is 18.2 Å². The minimum Gasteiger partial charge on any atom is -1.00 e. The zero-order valence-electron chi connectivity index (χ0n) is 12.6. The Balaban J connectivity index is 0. The Hall–Kier alpha value is -0.398. The molecule has 0 bridgehead atoms. The van der Waals surface area contributed by atoms with E-state index in [1.54, 1.807) is 6.07 Å². The standard InChI is InChI=1S/C13H21BO3.Li.H/c1-3-4-7-11(2)10-12-8-5-6-9-13(12)17-14(15)16;;/h5-6,8-9,11,15-16H,3-4,7,10H2,1-2H3;;/q;+1;-1. The largest absolute Gasteiger partial charge is 1.00 e. The van der Waals surface area contributed by atoms with E-state index in [4.69, 9.17) is 14.7 Å². The van der Waals surface area contributed by atoms with Gasteiger partial charge in [-0.2, -0.15) is 0 Å². The summed E-state index contributed by atoms with van der Waals surface area (Å²) in [6, 6.07) is 7.51. The monoisotopic (exact) mass is 244 g/mol. The molecule has 0 fully saturated rings. The first-order chi connectivity index (χ1) is 8.13. The Labute approximate surface area is 123 Å². The molecule has 0 saturated carbocycles. The van der Waals surface area contributed by atoms with Gasteiger partial charge in [0.25, 0.3) is 0 Å². The van der Waals surface area contributed by atoms with E-state index in [1.165, 1.54) is 19.3 Å². The third-order valence-corrected chi connectivity index (χ3v) is 2.82. The minimum absolute atomic E-state index is 0. The van der Waals surface area contributed by atoms with Crippen LogP contribution in [0, 0.1) is 5.92 Å². The number of unbranched alkanes of at least 4 members (excludes halogenated alkanes) is 1. The van der Waals surface area contributed by atoms with Crippen LogP contribution in [0.15, 0.2) is 24.3 Å². The molecule has 0 aliphatic heterocycles. The van der Waals surface area contributed by atoms with Gasteiger partial charge in [0.1, 0.15) is 5.75 Å². The van der Waals surface area contributed by atoms with Crippen LogP contribution in [0.5, 0.6) is 5.75 Å². The Morgan fingerprint density at radius 2 is 2.00 bits per heavy atom. The van der Waals surface area contributed by atoms with Gasteiger partial charge in [-0.3, -0.25) is 0 Å². The van der Waals surface area contributed by atoms with Crippen molar-refractivity contribution in [2.24, 2.45) is 5.92 Å². The fourth-order valence-corrected chi connectivity index (χ4v) is 1.93. The first-order valence-electron chi connectivity index (χ1n) is 6.24. The van der Waals surface area contributed by atoms with Gasteiger partial charge in [-0.05, 0) is 24.0 Å². The van der Waals surface area contributed by atoms with Gasteiger partial charge in [0.05, 0.1) is 0 Å². The van der Waals surface area contributed by atoms with Crippen molar-refractivity contribution in [1.82, 2.24) is 0 Å². The zero-order valence-corrected chi connectivity index (χ0v) is 11.6. The molecule has 2 N–H and O–H groups in total. The van der Waals surface area contributed by atoms with Crippen molar-refractivity contribution in [3.63, 3.8) is 0 Å². The van der Waals surface area contributed by atoms with E-state index in [2.05, 4.69) is 13.8 Å². The normalized spacial score (nSPS) is 11.6. The molecule has 1 aromatic carbocycles. The summed E-state index contributed by atoms with van der Waals surface area (Å²) in [6.07, 6.45) is 4.53. The van der Waals surface area contributed by atoms with Crippen molar-refractivity contribution in [2.75, 3.05) is 0 Å². The number of para-hydroxylation sites is 1. The van der Waals surface area contributed by atoms with Crippen molar-refractivity contribution in [3.05, 3.63) is 29.8 Å². The molecule has 0 aromatic heterocycles. The fourth-order valence-electron chi connectivity index (χ4n) is 1.93. The predicted molar refractivity (Wildman–Crippen MR) is 70.8 cm³/mol. The average molecular weight is 244 g/mol. The maximum Gasteiger partial charge on any atom is 1.00 e. The van der Waals surface area contributed by atoms with Crippen molar-refractivity contribution in [3.8, 4) is 5.75 Å². The molecule has 0 aliphatic carbocycles. The zero-order chi connectivity index (χ0) is 12.7. The molecule has 3 nitrogen and oxygen atoms in total. The maximum absolute atomic E-state index is 8.84. The second-order valence-corrected chi connectivity index (χ2v) is 4.50. The third-order valence-electron chi connectivity index (χ3n) is 2.82. The quantitative estimate of drug-likeness (QED) is 0.637. The third kappa shape index (κ3) is 6.51. The second-order valence-electron chi connectivity index (χ2n) is 4.50. The molecule has 0 amide bonds. The summed E-state index contributed by atoms with van der Waals surface area (Å²) in [6.45, 7) is 4.40. The summed E-state index contributed by atoms with van der Waals surface area (Å²) >= 11 is 0. The molecule has 5 heteroatoms. The van der Waals surface area contributed by atoms with Crippen LogP contribution in [-0.4, -0.2) is 17.4 Å². The van der Waals surface area contributed by atoms with Crippen LogP contribution in [0.1, 0.15) is 40.1 Å². The summed E-state index contributed by atoms with van der Waals surface area (Å²) in [4.78, 5) is 0. The van der Waals surface area contributed by atoms with Gasteiger partial charge >= 0.3 is 26.2 Å². The molecule has 96 valence electrons. The van der Waals surface area contributed by atoms with Crippen molar-refractivity contribution >= 4 is 7.32 Å². The smallest absolute Gasteiger partial charge is 1.00 e. The van der Waals surface area contributed by atoms with Gasteiger partial charge in [-0.25, -0.2) is 0 Å². The van der Waals surface area contributed by atoms with Gasteiger partial charge in [0.15, 0.2) is 0 Å². The molecule has 18 heavy (non-hydrogen) atoms. The van der Waals surface area contributed by atoms with Gasteiger partial charge in [0.2, 0.25) is 0 Å². The van der Waals surface area contributed by atoms with Crippen LogP contribution in [-0.2, 0) is 6.42 Å². The minimum atomic E-state index is -1.75. The van der Waals surface area contributed by atoms with E-state index >= 15 is 0 Å². The van der Waals surface area contributed by atoms with Crippen LogP contribution in [0.4, 0.5) is 0 Å². The number of hydrogen-bond acceptors (Lipinski definition) is 3. The predicted octanol–water partition coefficient (Wildman–Crippen LogP) is -0.480. The van der Waals surface area contributed by atoms with Crippen molar-refractivity contribution in [1.29, 1.82) is 0 Å². The molecule has 0 saturated heterocycles. The van der Waals surface area contributed by atoms with Crippen LogP contribution in [0.25, 0.3) is 0 Å². The number of rotatable bonds is 7. The molecule has 1 aromatic rings. The Morgan fingerprint density at radius 3 is 2.61 bits per heavy atom. The molecule has 0 heterocycles. The molecule has 0 radical (unpaired) electrons. The Morgan fingerprint density at radius 1 is 1.33 bits per heavy atom. The second kappa shape index (κ2) is 9.52. The molecular formula is C13H22BLiO3. The summed E-state index contributed by atoms with van der Waals surface area (Å²) in [5.41, 5.74) is 1.03. The number of benzene rings is 1. The summed E-state index contributed by atoms with van der Waals surface area (Å²) < 4.78 is 4.96. The maximum atomic E-state index is 8.84. The van der Waals surface area contributed by atoms with Gasteiger partial charge in [0, 0.05) is 0 Å².